The van der Waals surface area contributed by atoms with Crippen molar-refractivity contribution < 1.29 is 58.2 Å². The Balaban J connectivity index is 2.10. The van der Waals surface area contributed by atoms with Crippen LogP contribution in [0.1, 0.15) is 79.1 Å². The van der Waals surface area contributed by atoms with Gasteiger partial charge in [0.15, 0.2) is 0 Å². The fourth-order valence-corrected chi connectivity index (χ4v) is 6.37. The quantitative estimate of drug-likeness (QED) is 0.0550. The molecule has 20 heteroatoms. The SMILES string of the molecule is CC(C)C[C@H](NC(=O)[C@@H]1CCCN1C(=O)CNC(=O)[C@H](CC(C)C)NC(=O)[C@@H]1CCCN1C(=O)[C@H](CC(=O)O)NC(=O)[C@@H](N)CC(=O)O)C(=O)NCC=O. The van der Waals surface area contributed by atoms with E-state index >= 15 is 0 Å². The third-order valence-corrected chi connectivity index (χ3v) is 8.89. The van der Waals surface area contributed by atoms with Crippen LogP contribution in [0.3, 0.4) is 0 Å². The summed E-state index contributed by atoms with van der Waals surface area (Å²) in [6, 6.07) is -7.32. The lowest BCUT2D eigenvalue weighted by molar-refractivity contribution is -0.146. The van der Waals surface area contributed by atoms with Crippen molar-refractivity contribution in [2.24, 2.45) is 17.6 Å². The van der Waals surface area contributed by atoms with E-state index in [9.17, 15) is 53.1 Å². The number of nitrogens with two attached hydrogens (primary N) is 1. The minimum atomic E-state index is -1.65. The summed E-state index contributed by atoms with van der Waals surface area (Å²) < 4.78 is 0. The Labute approximate surface area is 313 Å². The van der Waals surface area contributed by atoms with Crippen LogP contribution in [0.5, 0.6) is 0 Å². The van der Waals surface area contributed by atoms with Crippen LogP contribution >= 0.6 is 0 Å². The number of aldehydes is 1. The van der Waals surface area contributed by atoms with Crippen LogP contribution in [0.15, 0.2) is 0 Å². The summed E-state index contributed by atoms with van der Waals surface area (Å²) in [5, 5.41) is 30.8. The number of nitrogens with one attached hydrogen (secondary N) is 5. The van der Waals surface area contributed by atoms with E-state index in [-0.39, 0.29) is 44.3 Å². The molecule has 20 nitrogen and oxygen atoms in total. The molecule has 2 saturated heterocycles. The van der Waals surface area contributed by atoms with Gasteiger partial charge in [-0.1, -0.05) is 27.7 Å². The average molecular weight is 767 g/mol. The summed E-state index contributed by atoms with van der Waals surface area (Å²) in [4.78, 5) is 128. The van der Waals surface area contributed by atoms with Crippen LogP contribution < -0.4 is 32.3 Å². The van der Waals surface area contributed by atoms with Gasteiger partial charge in [0.25, 0.3) is 0 Å². The van der Waals surface area contributed by atoms with Gasteiger partial charge >= 0.3 is 11.9 Å². The zero-order valence-electron chi connectivity index (χ0n) is 31.1. The highest BCUT2D eigenvalue weighted by atomic mass is 16.4. The average Bonchev–Trinajstić information content (AvgIpc) is 3.78. The van der Waals surface area contributed by atoms with Gasteiger partial charge in [-0.05, 0) is 50.4 Å². The van der Waals surface area contributed by atoms with Crippen LogP contribution in [0, 0.1) is 11.8 Å². The summed E-state index contributed by atoms with van der Waals surface area (Å²) in [6.07, 6.45) is 0.659. The first kappa shape index (κ1) is 45.0. The normalized spacial score (nSPS) is 18.9. The number of carbonyl (C=O) groups is 10. The van der Waals surface area contributed by atoms with Gasteiger partial charge in [-0.3, -0.25) is 43.2 Å². The second-order valence-electron chi connectivity index (χ2n) is 14.3. The molecule has 0 aromatic rings. The van der Waals surface area contributed by atoms with Crippen molar-refractivity contribution >= 4 is 59.6 Å². The first-order valence-corrected chi connectivity index (χ1v) is 18.0. The lowest BCUT2D eigenvalue weighted by atomic mass is 10.0. The standard InChI is InChI=1S/C34H54N8O12/c1-18(2)13-21(30(50)36-9-12-43)38-32(52)24-7-5-10-41(24)26(44)17-37-31(51)22(14-19(3)4)39-33(53)25-8-6-11-42(25)34(54)23(16-28(47)48)40-29(49)20(35)15-27(45)46/h12,18-25H,5-11,13-17,35H2,1-4H3,(H,36,50)(H,37,51)(H,38,52)(H,39,53)(H,40,49)(H,45,46)(H,47,48)/t20-,21-,22-,23-,24-,25-/m0/s1. The summed E-state index contributed by atoms with van der Waals surface area (Å²) in [7, 11) is 0. The Bertz CT molecular complexity index is 1420. The molecule has 0 aromatic heterocycles. The first-order valence-electron chi connectivity index (χ1n) is 18.0. The highest BCUT2D eigenvalue weighted by molar-refractivity contribution is 5.98. The number of hydrogen-bond acceptors (Lipinski definition) is 11. The molecule has 0 unspecified atom stereocenters. The maximum absolute atomic E-state index is 13.5. The summed E-state index contributed by atoms with van der Waals surface area (Å²) in [6.45, 7) is 6.87. The predicted octanol–water partition coefficient (Wildman–Crippen LogP) is -2.78. The molecule has 2 aliphatic heterocycles. The predicted molar refractivity (Wildman–Crippen MR) is 189 cm³/mol. The number of hydrogen-bond donors (Lipinski definition) is 8. The number of amides is 7. The van der Waals surface area contributed by atoms with Gasteiger partial charge in [-0.15, -0.1) is 0 Å². The molecule has 2 fully saturated rings. The smallest absolute Gasteiger partial charge is 0.305 e. The van der Waals surface area contributed by atoms with E-state index in [0.717, 1.165) is 4.90 Å². The molecule has 0 saturated carbocycles. The van der Waals surface area contributed by atoms with E-state index in [2.05, 4.69) is 26.6 Å². The van der Waals surface area contributed by atoms with Crippen molar-refractivity contribution in [1.29, 1.82) is 0 Å². The molecule has 9 N–H and O–H groups in total. The van der Waals surface area contributed by atoms with Crippen LogP contribution in [-0.4, -0.2) is 142 Å². The molecule has 6 atom stereocenters. The van der Waals surface area contributed by atoms with Gasteiger partial charge in [-0.25, -0.2) is 0 Å². The molecule has 302 valence electrons. The fraction of sp³-hybridized carbons (Fsp3) is 0.706. The molecule has 0 aromatic carbocycles. The molecule has 54 heavy (non-hydrogen) atoms. The van der Waals surface area contributed by atoms with Gasteiger partial charge in [0.2, 0.25) is 41.4 Å². The fourth-order valence-electron chi connectivity index (χ4n) is 6.37. The molecular formula is C34H54N8O12. The van der Waals surface area contributed by atoms with E-state index in [0.29, 0.717) is 32.0 Å². The minimum absolute atomic E-state index is 0.0307. The van der Waals surface area contributed by atoms with Crippen LogP contribution in [0.25, 0.3) is 0 Å². The number of nitrogens with zero attached hydrogens (tertiary/aromatic N) is 2. The third kappa shape index (κ3) is 14.0. The maximum Gasteiger partial charge on any atom is 0.305 e. The van der Waals surface area contributed by atoms with Gasteiger partial charge in [-0.2, -0.15) is 0 Å². The van der Waals surface area contributed by atoms with E-state index in [1.165, 1.54) is 4.90 Å². The van der Waals surface area contributed by atoms with Crippen molar-refractivity contribution in [3.63, 3.8) is 0 Å². The van der Waals surface area contributed by atoms with Crippen molar-refractivity contribution in [2.45, 2.75) is 115 Å². The zero-order valence-corrected chi connectivity index (χ0v) is 31.1. The monoisotopic (exact) mass is 766 g/mol. The van der Waals surface area contributed by atoms with Crippen LogP contribution in [0.2, 0.25) is 0 Å². The highest BCUT2D eigenvalue weighted by Crippen LogP contribution is 2.21. The second kappa shape index (κ2) is 21.5. The highest BCUT2D eigenvalue weighted by Gasteiger charge is 2.41. The van der Waals surface area contributed by atoms with Gasteiger partial charge in [0.05, 0.1) is 32.0 Å². The number of rotatable bonds is 21. The molecule has 0 aliphatic carbocycles. The van der Waals surface area contributed by atoms with E-state index in [1.54, 1.807) is 13.8 Å². The number of carboxylic acids is 2. The molecule has 2 rings (SSSR count). The molecule has 0 spiro atoms. The largest absolute Gasteiger partial charge is 0.481 e. The molecule has 2 heterocycles. The molecule has 0 radical (unpaired) electrons. The van der Waals surface area contributed by atoms with Crippen LogP contribution in [-0.2, 0) is 47.9 Å². The summed E-state index contributed by atoms with van der Waals surface area (Å²) in [5.74, 6) is -7.93. The molecular weight excluding hydrogens is 712 g/mol. The zero-order chi connectivity index (χ0) is 40.7. The Morgan fingerprint density at radius 3 is 1.65 bits per heavy atom. The number of carboxylic acid groups (broad SMARTS) is 2. The van der Waals surface area contributed by atoms with Crippen molar-refractivity contribution in [1.82, 2.24) is 36.4 Å². The van der Waals surface area contributed by atoms with E-state index < -0.39 is 109 Å². The Hall–Kier alpha value is -5.14. The summed E-state index contributed by atoms with van der Waals surface area (Å²) in [5.41, 5.74) is 5.57. The maximum atomic E-state index is 13.5. The van der Waals surface area contributed by atoms with E-state index in [4.69, 9.17) is 10.8 Å². The molecule has 0 bridgehead atoms. The Morgan fingerprint density at radius 2 is 1.17 bits per heavy atom. The Morgan fingerprint density at radius 1 is 0.685 bits per heavy atom. The lowest BCUT2D eigenvalue weighted by Crippen LogP contribution is -2.58. The first-order chi connectivity index (χ1) is 25.4. The van der Waals surface area contributed by atoms with Gasteiger partial charge in [0.1, 0.15) is 36.5 Å². The minimum Gasteiger partial charge on any atom is -0.481 e. The number of carbonyl (C=O) groups excluding carboxylic acids is 8. The number of likely N-dealkylation sites (tertiary alicyclic amines) is 2. The van der Waals surface area contributed by atoms with Gasteiger partial charge in [0, 0.05) is 13.1 Å². The summed E-state index contributed by atoms with van der Waals surface area (Å²) >= 11 is 0. The van der Waals surface area contributed by atoms with Crippen LogP contribution in [0.4, 0.5) is 0 Å². The lowest BCUT2D eigenvalue weighted by Gasteiger charge is -2.30. The van der Waals surface area contributed by atoms with Gasteiger partial charge < -0.3 is 57.1 Å². The Kier molecular flexibility index (Phi) is 18.0. The number of aliphatic carboxylic acids is 2. The third-order valence-electron chi connectivity index (χ3n) is 8.89. The molecule has 2 aliphatic rings. The van der Waals surface area contributed by atoms with E-state index in [1.807, 2.05) is 13.8 Å². The van der Waals surface area contributed by atoms with Crippen molar-refractivity contribution in [3.8, 4) is 0 Å². The topological polar surface area (TPSA) is 304 Å². The van der Waals surface area contributed by atoms with Crippen molar-refractivity contribution in [2.75, 3.05) is 26.2 Å². The second-order valence-corrected chi connectivity index (χ2v) is 14.3. The van der Waals surface area contributed by atoms with Crippen molar-refractivity contribution in [3.05, 3.63) is 0 Å². The molecule has 7 amide bonds.